The Bertz CT molecular complexity index is 903. The van der Waals surface area contributed by atoms with Crippen LogP contribution >= 0.6 is 0 Å². The summed E-state index contributed by atoms with van der Waals surface area (Å²) in [7, 11) is 1.60. The third kappa shape index (κ3) is 5.17. The number of halogens is 1. The van der Waals surface area contributed by atoms with Gasteiger partial charge < -0.3 is 9.47 Å². The van der Waals surface area contributed by atoms with Gasteiger partial charge in [-0.25, -0.2) is 4.39 Å². The Kier molecular flexibility index (Phi) is 6.21. The van der Waals surface area contributed by atoms with Crippen molar-refractivity contribution in [3.05, 3.63) is 89.2 Å². The Balaban J connectivity index is 1.69. The van der Waals surface area contributed by atoms with Crippen molar-refractivity contribution in [2.24, 2.45) is 4.99 Å². The lowest BCUT2D eigenvalue weighted by Crippen LogP contribution is -1.98. The van der Waals surface area contributed by atoms with Gasteiger partial charge in [0.25, 0.3) is 0 Å². The van der Waals surface area contributed by atoms with E-state index in [2.05, 4.69) is 24.0 Å². The highest BCUT2D eigenvalue weighted by Crippen LogP contribution is 2.28. The van der Waals surface area contributed by atoms with Crippen LogP contribution in [0.1, 0.15) is 23.6 Å². The fourth-order valence-electron chi connectivity index (χ4n) is 2.59. The van der Waals surface area contributed by atoms with Crippen molar-refractivity contribution < 1.29 is 13.9 Å². The molecule has 27 heavy (non-hydrogen) atoms. The number of methoxy groups -OCH3 is 1. The summed E-state index contributed by atoms with van der Waals surface area (Å²) in [5.74, 6) is 0.998. The zero-order valence-electron chi connectivity index (χ0n) is 15.5. The molecule has 0 aromatic heterocycles. The van der Waals surface area contributed by atoms with E-state index in [1.165, 1.54) is 17.7 Å². The highest BCUT2D eigenvalue weighted by atomic mass is 19.1. The van der Waals surface area contributed by atoms with E-state index in [1.807, 2.05) is 30.3 Å². The van der Waals surface area contributed by atoms with E-state index in [4.69, 9.17) is 9.47 Å². The van der Waals surface area contributed by atoms with Gasteiger partial charge in [0.2, 0.25) is 0 Å². The van der Waals surface area contributed by atoms with Crippen molar-refractivity contribution in [1.29, 1.82) is 0 Å². The van der Waals surface area contributed by atoms with E-state index < -0.39 is 0 Å². The first-order valence-electron chi connectivity index (χ1n) is 8.86. The number of hydrogen-bond donors (Lipinski definition) is 0. The van der Waals surface area contributed by atoms with Crippen LogP contribution in [0.25, 0.3) is 0 Å². The highest BCUT2D eigenvalue weighted by molar-refractivity contribution is 5.83. The van der Waals surface area contributed by atoms with Crippen LogP contribution < -0.4 is 9.47 Å². The molecule has 0 N–H and O–H groups in total. The summed E-state index contributed by atoms with van der Waals surface area (Å²) in [5.41, 5.74) is 4.00. The van der Waals surface area contributed by atoms with Crippen LogP contribution in [0.2, 0.25) is 0 Å². The highest BCUT2D eigenvalue weighted by Gasteiger charge is 2.06. The lowest BCUT2D eigenvalue weighted by atomic mass is 10.1. The summed E-state index contributed by atoms with van der Waals surface area (Å²) >= 11 is 0. The molecule has 0 heterocycles. The monoisotopic (exact) mass is 363 g/mol. The van der Waals surface area contributed by atoms with Crippen molar-refractivity contribution in [2.75, 3.05) is 7.11 Å². The molecular formula is C23H22FNO2. The molecule has 3 nitrogen and oxygen atoms in total. The van der Waals surface area contributed by atoms with Crippen LogP contribution in [0, 0.1) is 5.82 Å². The average Bonchev–Trinajstić information content (AvgIpc) is 2.72. The zero-order chi connectivity index (χ0) is 19.1. The SMILES string of the molecule is CCc1ccc(N=Cc2ccc(OCc3ccc(F)cc3)c(OC)c2)cc1. The molecule has 0 bridgehead atoms. The molecule has 0 fully saturated rings. The maximum atomic E-state index is 13.0. The van der Waals surface area contributed by atoms with Crippen molar-refractivity contribution >= 4 is 11.9 Å². The minimum absolute atomic E-state index is 0.260. The van der Waals surface area contributed by atoms with Gasteiger partial charge in [0.1, 0.15) is 12.4 Å². The largest absolute Gasteiger partial charge is 0.493 e. The second-order valence-electron chi connectivity index (χ2n) is 6.10. The van der Waals surface area contributed by atoms with E-state index in [1.54, 1.807) is 25.5 Å². The number of aryl methyl sites for hydroxylation is 1. The predicted molar refractivity (Wildman–Crippen MR) is 107 cm³/mol. The lowest BCUT2D eigenvalue weighted by molar-refractivity contribution is 0.284. The maximum absolute atomic E-state index is 13.0. The molecule has 0 saturated heterocycles. The van der Waals surface area contributed by atoms with Crippen LogP contribution in [0.3, 0.4) is 0 Å². The van der Waals surface area contributed by atoms with Crippen molar-refractivity contribution in [2.45, 2.75) is 20.0 Å². The fraction of sp³-hybridized carbons (Fsp3) is 0.174. The quantitative estimate of drug-likeness (QED) is 0.502. The van der Waals surface area contributed by atoms with Gasteiger partial charge in [0.15, 0.2) is 11.5 Å². The van der Waals surface area contributed by atoms with Crippen molar-refractivity contribution in [1.82, 2.24) is 0 Å². The molecule has 138 valence electrons. The molecule has 3 aromatic carbocycles. The standard InChI is InChI=1S/C23H22FNO2/c1-3-17-6-11-21(12-7-17)25-15-19-8-13-22(23(14-19)26-2)27-16-18-4-9-20(24)10-5-18/h4-15H,3,16H2,1-2H3. The first-order valence-corrected chi connectivity index (χ1v) is 8.86. The molecule has 3 rings (SSSR count). The van der Waals surface area contributed by atoms with Gasteiger partial charge >= 0.3 is 0 Å². The lowest BCUT2D eigenvalue weighted by Gasteiger charge is -2.11. The molecule has 0 aliphatic rings. The Hall–Kier alpha value is -3.14. The molecule has 0 atom stereocenters. The summed E-state index contributed by atoms with van der Waals surface area (Å²) in [5, 5.41) is 0. The summed E-state index contributed by atoms with van der Waals surface area (Å²) in [6, 6.07) is 20.1. The molecule has 3 aromatic rings. The van der Waals surface area contributed by atoms with E-state index in [-0.39, 0.29) is 5.82 Å². The molecule has 0 aliphatic carbocycles. The van der Waals surface area contributed by atoms with E-state index >= 15 is 0 Å². The number of aliphatic imine (C=N–C) groups is 1. The average molecular weight is 363 g/mol. The molecule has 0 aliphatic heterocycles. The number of benzene rings is 3. The predicted octanol–water partition coefficient (Wildman–Crippen LogP) is 5.73. The molecule has 0 spiro atoms. The van der Waals surface area contributed by atoms with Crippen molar-refractivity contribution in [3.8, 4) is 11.5 Å². The summed E-state index contributed by atoms with van der Waals surface area (Å²) in [6.45, 7) is 2.47. The molecule has 0 saturated carbocycles. The van der Waals surface area contributed by atoms with E-state index in [0.29, 0.717) is 18.1 Å². The van der Waals surface area contributed by atoms with Gasteiger partial charge in [-0.3, -0.25) is 4.99 Å². The number of nitrogens with zero attached hydrogens (tertiary/aromatic N) is 1. The van der Waals surface area contributed by atoms with Gasteiger partial charge in [0.05, 0.1) is 12.8 Å². The first kappa shape index (κ1) is 18.6. The minimum atomic E-state index is -0.260. The normalized spacial score (nSPS) is 10.9. The molecule has 0 unspecified atom stereocenters. The fourth-order valence-corrected chi connectivity index (χ4v) is 2.59. The minimum Gasteiger partial charge on any atom is -0.493 e. The van der Waals surface area contributed by atoms with Gasteiger partial charge in [-0.2, -0.15) is 0 Å². The van der Waals surface area contributed by atoms with Crippen LogP contribution in [-0.4, -0.2) is 13.3 Å². The first-order chi connectivity index (χ1) is 13.2. The Morgan fingerprint density at radius 2 is 1.59 bits per heavy atom. The van der Waals surface area contributed by atoms with Crippen LogP contribution in [-0.2, 0) is 13.0 Å². The second-order valence-corrected chi connectivity index (χ2v) is 6.10. The zero-order valence-corrected chi connectivity index (χ0v) is 15.5. The van der Waals surface area contributed by atoms with Gasteiger partial charge in [-0.1, -0.05) is 31.2 Å². The molecule has 0 radical (unpaired) electrons. The van der Waals surface area contributed by atoms with E-state index in [9.17, 15) is 4.39 Å². The van der Waals surface area contributed by atoms with Crippen LogP contribution in [0.15, 0.2) is 71.7 Å². The third-order valence-electron chi connectivity index (χ3n) is 4.20. The number of hydrogen-bond acceptors (Lipinski definition) is 3. The summed E-state index contributed by atoms with van der Waals surface area (Å²) in [6.07, 6.45) is 2.81. The van der Waals surface area contributed by atoms with Crippen LogP contribution in [0.4, 0.5) is 10.1 Å². The van der Waals surface area contributed by atoms with Gasteiger partial charge in [-0.05, 0) is 65.6 Å². The summed E-state index contributed by atoms with van der Waals surface area (Å²) < 4.78 is 24.2. The van der Waals surface area contributed by atoms with Gasteiger partial charge in [0, 0.05) is 6.21 Å². The van der Waals surface area contributed by atoms with Gasteiger partial charge in [-0.15, -0.1) is 0 Å². The number of rotatable bonds is 7. The topological polar surface area (TPSA) is 30.8 Å². The van der Waals surface area contributed by atoms with E-state index in [0.717, 1.165) is 23.2 Å². The second kappa shape index (κ2) is 8.99. The van der Waals surface area contributed by atoms with Crippen LogP contribution in [0.5, 0.6) is 11.5 Å². The molecule has 4 heteroatoms. The molecule has 0 amide bonds. The third-order valence-corrected chi connectivity index (χ3v) is 4.20. The van der Waals surface area contributed by atoms with Crippen molar-refractivity contribution in [3.63, 3.8) is 0 Å². The molecular weight excluding hydrogens is 341 g/mol. The Morgan fingerprint density at radius 1 is 0.889 bits per heavy atom. The maximum Gasteiger partial charge on any atom is 0.161 e. The number of ether oxygens (including phenoxy) is 2. The Morgan fingerprint density at radius 3 is 2.26 bits per heavy atom. The smallest absolute Gasteiger partial charge is 0.161 e. The Labute approximate surface area is 159 Å². The summed E-state index contributed by atoms with van der Waals surface area (Å²) in [4.78, 5) is 4.50.